The molecular formula is C12H22O2. The first-order valence-corrected chi connectivity index (χ1v) is 5.86. The largest absolute Gasteiger partial charge is 0.396 e. The van der Waals surface area contributed by atoms with Crippen LogP contribution >= 0.6 is 0 Å². The molecular weight excluding hydrogens is 176 g/mol. The van der Waals surface area contributed by atoms with E-state index in [1.807, 2.05) is 0 Å². The van der Waals surface area contributed by atoms with Gasteiger partial charge in [-0.25, -0.2) is 0 Å². The maximum Gasteiger partial charge on any atom is 0.0598 e. The fraction of sp³-hybridized carbons (Fsp3) is 1.00. The molecule has 2 bridgehead atoms. The molecule has 2 rings (SSSR count). The van der Waals surface area contributed by atoms with E-state index in [2.05, 4.69) is 13.8 Å². The van der Waals surface area contributed by atoms with Crippen molar-refractivity contribution in [2.24, 2.45) is 23.2 Å². The average Bonchev–Trinajstić information content (AvgIpc) is 2.61. The molecule has 2 N–H and O–H groups in total. The van der Waals surface area contributed by atoms with Crippen LogP contribution in [0.15, 0.2) is 0 Å². The molecule has 0 spiro atoms. The third-order valence-corrected chi connectivity index (χ3v) is 4.73. The molecule has 4 unspecified atom stereocenters. The Balaban J connectivity index is 2.10. The molecule has 2 fully saturated rings. The van der Waals surface area contributed by atoms with Crippen LogP contribution in [0.25, 0.3) is 0 Å². The summed E-state index contributed by atoms with van der Waals surface area (Å²) < 4.78 is 0. The van der Waals surface area contributed by atoms with Crippen LogP contribution in [0.1, 0.15) is 39.5 Å². The van der Waals surface area contributed by atoms with Gasteiger partial charge in [-0.1, -0.05) is 13.8 Å². The van der Waals surface area contributed by atoms with Crippen LogP contribution in [0.5, 0.6) is 0 Å². The molecule has 2 heteroatoms. The van der Waals surface area contributed by atoms with Crippen molar-refractivity contribution in [3.63, 3.8) is 0 Å². The molecule has 14 heavy (non-hydrogen) atoms. The molecule has 2 nitrogen and oxygen atoms in total. The maximum atomic E-state index is 10.0. The van der Waals surface area contributed by atoms with Crippen LogP contribution < -0.4 is 0 Å². The summed E-state index contributed by atoms with van der Waals surface area (Å²) in [5.74, 6) is 1.95. The molecule has 0 aliphatic heterocycles. The van der Waals surface area contributed by atoms with E-state index in [1.54, 1.807) is 0 Å². The predicted molar refractivity (Wildman–Crippen MR) is 55.8 cm³/mol. The van der Waals surface area contributed by atoms with Crippen LogP contribution in [0, 0.1) is 23.2 Å². The van der Waals surface area contributed by atoms with Crippen LogP contribution in [0.4, 0.5) is 0 Å². The average molecular weight is 198 g/mol. The van der Waals surface area contributed by atoms with E-state index < -0.39 is 0 Å². The zero-order valence-corrected chi connectivity index (χ0v) is 9.24. The quantitative estimate of drug-likeness (QED) is 0.726. The number of rotatable bonds is 3. The summed E-state index contributed by atoms with van der Waals surface area (Å²) in [7, 11) is 0. The molecule has 0 radical (unpaired) electrons. The number of aliphatic hydroxyl groups is 2. The summed E-state index contributed by atoms with van der Waals surface area (Å²) in [5, 5.41) is 18.9. The van der Waals surface area contributed by atoms with Crippen molar-refractivity contribution in [3.8, 4) is 0 Å². The third-order valence-electron chi connectivity index (χ3n) is 4.73. The van der Waals surface area contributed by atoms with Crippen molar-refractivity contribution in [3.05, 3.63) is 0 Å². The molecule has 4 atom stereocenters. The fourth-order valence-corrected chi connectivity index (χ4v) is 4.02. The standard InChI is InChI=1S/C12H22O2/c1-12(2)9-4-3-8(7-9)11(12)10(14)5-6-13/h8-11,13-14H,3-7H2,1-2H3. The van der Waals surface area contributed by atoms with E-state index in [0.29, 0.717) is 12.3 Å². The number of aliphatic hydroxyl groups excluding tert-OH is 2. The summed E-state index contributed by atoms with van der Waals surface area (Å²) in [6.07, 6.45) is 4.21. The topological polar surface area (TPSA) is 40.5 Å². The van der Waals surface area contributed by atoms with Crippen molar-refractivity contribution < 1.29 is 10.2 Å². The van der Waals surface area contributed by atoms with Gasteiger partial charge in [-0.3, -0.25) is 0 Å². The Labute approximate surface area is 86.3 Å². The van der Waals surface area contributed by atoms with Crippen LogP contribution in [0.3, 0.4) is 0 Å². The summed E-state index contributed by atoms with van der Waals surface area (Å²) >= 11 is 0. The van der Waals surface area contributed by atoms with Gasteiger partial charge in [0.1, 0.15) is 0 Å². The molecule has 0 heterocycles. The highest BCUT2D eigenvalue weighted by atomic mass is 16.3. The summed E-state index contributed by atoms with van der Waals surface area (Å²) in [5.41, 5.74) is 0.289. The first-order valence-electron chi connectivity index (χ1n) is 5.86. The first kappa shape index (κ1) is 10.4. The van der Waals surface area contributed by atoms with Crippen LogP contribution in [0.2, 0.25) is 0 Å². The van der Waals surface area contributed by atoms with Crippen molar-refractivity contribution in [1.29, 1.82) is 0 Å². The van der Waals surface area contributed by atoms with Crippen molar-refractivity contribution in [1.82, 2.24) is 0 Å². The van der Waals surface area contributed by atoms with Gasteiger partial charge in [0, 0.05) is 6.61 Å². The maximum absolute atomic E-state index is 10.0. The fourth-order valence-electron chi connectivity index (χ4n) is 4.02. The molecule has 0 aromatic heterocycles. The van der Waals surface area contributed by atoms with Gasteiger partial charge in [0.05, 0.1) is 6.10 Å². The van der Waals surface area contributed by atoms with Crippen molar-refractivity contribution >= 4 is 0 Å². The van der Waals surface area contributed by atoms with E-state index in [1.165, 1.54) is 19.3 Å². The zero-order chi connectivity index (χ0) is 10.3. The third kappa shape index (κ3) is 1.40. The van der Waals surface area contributed by atoms with Gasteiger partial charge in [0.25, 0.3) is 0 Å². The highest BCUT2D eigenvalue weighted by Gasteiger charge is 2.54. The zero-order valence-electron chi connectivity index (χ0n) is 9.24. The van der Waals surface area contributed by atoms with Crippen LogP contribution in [-0.4, -0.2) is 22.9 Å². The van der Waals surface area contributed by atoms with Gasteiger partial charge in [-0.05, 0) is 48.9 Å². The van der Waals surface area contributed by atoms with Gasteiger partial charge in [-0.15, -0.1) is 0 Å². The molecule has 0 aromatic carbocycles. The summed E-state index contributed by atoms with van der Waals surface area (Å²) in [6, 6.07) is 0. The second-order valence-electron chi connectivity index (χ2n) is 5.70. The van der Waals surface area contributed by atoms with Gasteiger partial charge in [-0.2, -0.15) is 0 Å². The lowest BCUT2D eigenvalue weighted by atomic mass is 9.66. The smallest absolute Gasteiger partial charge is 0.0598 e. The van der Waals surface area contributed by atoms with E-state index in [4.69, 9.17) is 5.11 Å². The Morgan fingerprint density at radius 1 is 1.36 bits per heavy atom. The summed E-state index contributed by atoms with van der Waals surface area (Å²) in [4.78, 5) is 0. The lowest BCUT2D eigenvalue weighted by Gasteiger charge is -2.40. The normalized spacial score (nSPS) is 41.6. The van der Waals surface area contributed by atoms with Crippen LogP contribution in [-0.2, 0) is 0 Å². The minimum Gasteiger partial charge on any atom is -0.396 e. The first-order chi connectivity index (χ1) is 6.57. The minimum atomic E-state index is -0.287. The van der Waals surface area contributed by atoms with Gasteiger partial charge in [0.15, 0.2) is 0 Å². The second-order valence-corrected chi connectivity index (χ2v) is 5.70. The molecule has 0 saturated heterocycles. The molecule has 2 saturated carbocycles. The Hall–Kier alpha value is -0.0800. The number of hydrogen-bond donors (Lipinski definition) is 2. The van der Waals surface area contributed by atoms with Gasteiger partial charge >= 0.3 is 0 Å². The monoisotopic (exact) mass is 198 g/mol. The van der Waals surface area contributed by atoms with Crippen molar-refractivity contribution in [2.75, 3.05) is 6.61 Å². The lowest BCUT2D eigenvalue weighted by Crippen LogP contribution is -2.39. The highest BCUT2D eigenvalue weighted by molar-refractivity contribution is 5.03. The molecule has 2 aliphatic carbocycles. The Kier molecular flexibility index (Phi) is 2.61. The van der Waals surface area contributed by atoms with E-state index in [9.17, 15) is 5.11 Å². The van der Waals surface area contributed by atoms with E-state index in [0.717, 1.165) is 11.8 Å². The van der Waals surface area contributed by atoms with Crippen molar-refractivity contribution in [2.45, 2.75) is 45.6 Å². The highest BCUT2D eigenvalue weighted by Crippen LogP contribution is 2.60. The predicted octanol–water partition coefficient (Wildman–Crippen LogP) is 1.80. The Morgan fingerprint density at radius 3 is 2.57 bits per heavy atom. The lowest BCUT2D eigenvalue weighted by molar-refractivity contribution is -0.0139. The molecule has 0 amide bonds. The Bertz CT molecular complexity index is 212. The van der Waals surface area contributed by atoms with E-state index >= 15 is 0 Å². The molecule has 2 aliphatic rings. The Morgan fingerprint density at radius 2 is 2.07 bits per heavy atom. The number of hydrogen-bond acceptors (Lipinski definition) is 2. The number of fused-ring (bicyclic) bond motifs is 2. The molecule has 82 valence electrons. The SMILES string of the molecule is CC1(C)C2CCC(C2)C1C(O)CCO. The van der Waals surface area contributed by atoms with Gasteiger partial charge in [0.2, 0.25) is 0 Å². The minimum absolute atomic E-state index is 0.116. The van der Waals surface area contributed by atoms with E-state index in [-0.39, 0.29) is 18.1 Å². The second kappa shape index (κ2) is 3.49. The van der Waals surface area contributed by atoms with Gasteiger partial charge < -0.3 is 10.2 Å². The summed E-state index contributed by atoms with van der Waals surface area (Å²) in [6.45, 7) is 4.70. The molecule has 0 aromatic rings.